The molecule has 0 aliphatic heterocycles. The summed E-state index contributed by atoms with van der Waals surface area (Å²) in [7, 11) is 0. The summed E-state index contributed by atoms with van der Waals surface area (Å²) in [5, 5.41) is 9.66. The van der Waals surface area contributed by atoms with Crippen molar-refractivity contribution < 1.29 is 5.11 Å². The number of phenols is 1. The molecule has 0 aliphatic carbocycles. The number of aromatic hydroxyl groups is 1. The Labute approximate surface area is 86.1 Å². The monoisotopic (exact) mass is 190 g/mol. The van der Waals surface area contributed by atoms with Crippen molar-refractivity contribution in [1.29, 1.82) is 0 Å². The Morgan fingerprint density at radius 1 is 1.43 bits per heavy atom. The van der Waals surface area contributed by atoms with Gasteiger partial charge in [-0.1, -0.05) is 23.8 Å². The van der Waals surface area contributed by atoms with Crippen molar-refractivity contribution in [2.45, 2.75) is 33.6 Å². The zero-order valence-electron chi connectivity index (χ0n) is 9.17. The number of hydrogen-bond donors (Lipinski definition) is 1. The topological polar surface area (TPSA) is 20.2 Å². The van der Waals surface area contributed by atoms with Crippen LogP contribution in [0.4, 0.5) is 0 Å². The first-order valence-corrected chi connectivity index (χ1v) is 5.03. The van der Waals surface area contributed by atoms with Gasteiger partial charge in [0.2, 0.25) is 0 Å². The summed E-state index contributed by atoms with van der Waals surface area (Å²) in [6.45, 7) is 6.15. The number of allylic oxidation sites excluding steroid dienone is 2. The summed E-state index contributed by atoms with van der Waals surface area (Å²) in [6, 6.07) is 5.87. The van der Waals surface area contributed by atoms with E-state index in [1.807, 2.05) is 32.0 Å². The summed E-state index contributed by atoms with van der Waals surface area (Å²) in [5.74, 6) is 0.425. The lowest BCUT2D eigenvalue weighted by Gasteiger charge is -2.05. The van der Waals surface area contributed by atoms with Gasteiger partial charge in [-0.15, -0.1) is 0 Å². The van der Waals surface area contributed by atoms with Crippen LogP contribution in [0.5, 0.6) is 5.75 Å². The van der Waals surface area contributed by atoms with Crippen molar-refractivity contribution in [1.82, 2.24) is 0 Å². The lowest BCUT2D eigenvalue weighted by atomic mass is 10.0. The zero-order valence-corrected chi connectivity index (χ0v) is 9.17. The van der Waals surface area contributed by atoms with Crippen molar-refractivity contribution in [3.63, 3.8) is 0 Å². The highest BCUT2D eigenvalue weighted by Crippen LogP contribution is 2.21. The molecule has 0 heterocycles. The zero-order chi connectivity index (χ0) is 10.6. The van der Waals surface area contributed by atoms with Crippen LogP contribution in [0.2, 0.25) is 0 Å². The molecular weight excluding hydrogens is 172 g/mol. The molecule has 0 amide bonds. The molecule has 0 radical (unpaired) electrons. The first-order chi connectivity index (χ1) is 6.63. The Hall–Kier alpha value is -1.24. The van der Waals surface area contributed by atoms with Gasteiger partial charge in [0, 0.05) is 0 Å². The molecule has 1 nitrogen and oxygen atoms in total. The van der Waals surface area contributed by atoms with Crippen molar-refractivity contribution in [3.8, 4) is 5.75 Å². The van der Waals surface area contributed by atoms with E-state index < -0.39 is 0 Å². The minimum absolute atomic E-state index is 0.425. The van der Waals surface area contributed by atoms with Crippen molar-refractivity contribution in [2.75, 3.05) is 0 Å². The Bertz CT molecular complexity index is 337. The molecule has 0 saturated carbocycles. The predicted octanol–water partition coefficient (Wildman–Crippen LogP) is 3.60. The largest absolute Gasteiger partial charge is 0.508 e. The summed E-state index contributed by atoms with van der Waals surface area (Å²) in [4.78, 5) is 0. The number of rotatable bonds is 3. The van der Waals surface area contributed by atoms with E-state index in [2.05, 4.69) is 13.0 Å². The van der Waals surface area contributed by atoms with Gasteiger partial charge in [-0.2, -0.15) is 0 Å². The SMILES string of the molecule is C/C=C(\C)CCc1ccc(C)cc1O. The molecule has 0 bridgehead atoms. The highest BCUT2D eigenvalue weighted by molar-refractivity contribution is 5.36. The van der Waals surface area contributed by atoms with Gasteiger partial charge in [0.15, 0.2) is 0 Å². The molecule has 0 unspecified atom stereocenters. The maximum Gasteiger partial charge on any atom is 0.119 e. The highest BCUT2D eigenvalue weighted by Gasteiger charge is 2.00. The summed E-state index contributed by atoms with van der Waals surface area (Å²) >= 11 is 0. The predicted molar refractivity (Wildman–Crippen MR) is 60.6 cm³/mol. The smallest absolute Gasteiger partial charge is 0.119 e. The van der Waals surface area contributed by atoms with Crippen LogP contribution in [0, 0.1) is 6.92 Å². The standard InChI is InChI=1S/C13H18O/c1-4-10(2)5-7-12-8-6-11(3)9-13(12)14/h4,6,8-9,14H,5,7H2,1-3H3/b10-4+. The third-order valence-corrected chi connectivity index (χ3v) is 2.52. The molecule has 14 heavy (non-hydrogen) atoms. The van der Waals surface area contributed by atoms with E-state index in [1.54, 1.807) is 0 Å². The molecule has 0 atom stereocenters. The molecule has 1 heteroatoms. The molecule has 0 aromatic heterocycles. The molecule has 1 N–H and O–H groups in total. The van der Waals surface area contributed by atoms with E-state index in [4.69, 9.17) is 0 Å². The fourth-order valence-corrected chi connectivity index (χ4v) is 1.36. The Morgan fingerprint density at radius 3 is 2.71 bits per heavy atom. The Morgan fingerprint density at radius 2 is 2.14 bits per heavy atom. The van der Waals surface area contributed by atoms with E-state index in [0.717, 1.165) is 24.0 Å². The van der Waals surface area contributed by atoms with E-state index in [1.165, 1.54) is 5.57 Å². The van der Waals surface area contributed by atoms with Gasteiger partial charge in [-0.25, -0.2) is 0 Å². The number of phenolic OH excluding ortho intramolecular Hbond substituents is 1. The summed E-state index contributed by atoms with van der Waals surface area (Å²) in [5.41, 5.74) is 3.51. The average molecular weight is 190 g/mol. The van der Waals surface area contributed by atoms with Crippen LogP contribution < -0.4 is 0 Å². The lowest BCUT2D eigenvalue weighted by Crippen LogP contribution is -1.88. The fraction of sp³-hybridized carbons (Fsp3) is 0.385. The van der Waals surface area contributed by atoms with Crippen LogP contribution >= 0.6 is 0 Å². The highest BCUT2D eigenvalue weighted by atomic mass is 16.3. The molecule has 0 fully saturated rings. The van der Waals surface area contributed by atoms with Crippen LogP contribution in [0.3, 0.4) is 0 Å². The van der Waals surface area contributed by atoms with E-state index in [0.29, 0.717) is 5.75 Å². The van der Waals surface area contributed by atoms with Crippen molar-refractivity contribution in [3.05, 3.63) is 41.0 Å². The number of benzene rings is 1. The van der Waals surface area contributed by atoms with Gasteiger partial charge in [-0.3, -0.25) is 0 Å². The first kappa shape index (κ1) is 10.8. The van der Waals surface area contributed by atoms with E-state index >= 15 is 0 Å². The molecule has 0 saturated heterocycles. The average Bonchev–Trinajstić information content (AvgIpc) is 2.16. The van der Waals surface area contributed by atoms with Gasteiger partial charge >= 0.3 is 0 Å². The normalized spacial score (nSPS) is 11.8. The van der Waals surface area contributed by atoms with Crippen LogP contribution in [0.1, 0.15) is 31.4 Å². The third-order valence-electron chi connectivity index (χ3n) is 2.52. The van der Waals surface area contributed by atoms with Crippen LogP contribution in [0.15, 0.2) is 29.8 Å². The van der Waals surface area contributed by atoms with Gasteiger partial charge in [0.1, 0.15) is 5.75 Å². The Kier molecular flexibility index (Phi) is 3.75. The Balaban J connectivity index is 2.68. The molecule has 76 valence electrons. The minimum atomic E-state index is 0.425. The fourth-order valence-electron chi connectivity index (χ4n) is 1.36. The molecular formula is C13H18O. The van der Waals surface area contributed by atoms with Crippen molar-refractivity contribution >= 4 is 0 Å². The second kappa shape index (κ2) is 4.85. The van der Waals surface area contributed by atoms with Crippen molar-refractivity contribution in [2.24, 2.45) is 0 Å². The van der Waals surface area contributed by atoms with Gasteiger partial charge < -0.3 is 5.11 Å². The van der Waals surface area contributed by atoms with E-state index in [9.17, 15) is 5.11 Å². The molecule has 0 spiro atoms. The molecule has 1 aromatic rings. The quantitative estimate of drug-likeness (QED) is 0.722. The van der Waals surface area contributed by atoms with Crippen LogP contribution in [0.25, 0.3) is 0 Å². The maximum atomic E-state index is 9.66. The number of aryl methyl sites for hydroxylation is 2. The number of hydrogen-bond acceptors (Lipinski definition) is 1. The second-order valence-corrected chi connectivity index (χ2v) is 3.77. The lowest BCUT2D eigenvalue weighted by molar-refractivity contribution is 0.467. The molecule has 0 aliphatic rings. The second-order valence-electron chi connectivity index (χ2n) is 3.77. The minimum Gasteiger partial charge on any atom is -0.508 e. The third kappa shape index (κ3) is 2.91. The van der Waals surface area contributed by atoms with Crippen LogP contribution in [-0.2, 0) is 6.42 Å². The van der Waals surface area contributed by atoms with Gasteiger partial charge in [0.25, 0.3) is 0 Å². The van der Waals surface area contributed by atoms with Gasteiger partial charge in [-0.05, 0) is 50.8 Å². The maximum absolute atomic E-state index is 9.66. The summed E-state index contributed by atoms with van der Waals surface area (Å²) in [6.07, 6.45) is 4.06. The molecule has 1 aromatic carbocycles. The van der Waals surface area contributed by atoms with Gasteiger partial charge in [0.05, 0.1) is 0 Å². The van der Waals surface area contributed by atoms with Crippen LogP contribution in [-0.4, -0.2) is 5.11 Å². The first-order valence-electron chi connectivity index (χ1n) is 5.03. The summed E-state index contributed by atoms with van der Waals surface area (Å²) < 4.78 is 0. The van der Waals surface area contributed by atoms with E-state index in [-0.39, 0.29) is 0 Å². The molecule has 1 rings (SSSR count).